The summed E-state index contributed by atoms with van der Waals surface area (Å²) in [6, 6.07) is 4.40. The van der Waals surface area contributed by atoms with Crippen molar-refractivity contribution in [2.24, 2.45) is 0 Å². The molecule has 0 heterocycles. The Hall–Kier alpha value is -1.48. The number of rotatable bonds is 4. The molecule has 0 radical (unpaired) electrons. The van der Waals surface area contributed by atoms with Gasteiger partial charge in [0.1, 0.15) is 6.07 Å². The van der Waals surface area contributed by atoms with E-state index in [9.17, 15) is 13.6 Å². The maximum absolute atomic E-state index is 12.8. The number of hydrogen-bond acceptors (Lipinski definition) is 3. The summed E-state index contributed by atoms with van der Waals surface area (Å²) in [5.41, 5.74) is 0.115. The van der Waals surface area contributed by atoms with Crippen LogP contribution in [0.2, 0.25) is 0 Å². The number of alkyl halides is 2. The average molecular weight is 318 g/mol. The van der Waals surface area contributed by atoms with Crippen LogP contribution in [0.15, 0.2) is 16.6 Å². The molecular formula is C12H10BrF2NO2. The lowest BCUT2D eigenvalue weighted by Crippen LogP contribution is -2.08. The average Bonchev–Trinajstić information content (AvgIpc) is 2.31. The van der Waals surface area contributed by atoms with Crippen LogP contribution in [0.4, 0.5) is 8.78 Å². The lowest BCUT2D eigenvalue weighted by molar-refractivity contribution is -0.142. The molecule has 3 nitrogen and oxygen atoms in total. The molecule has 0 aliphatic carbocycles. The molecular weight excluding hydrogens is 308 g/mol. The van der Waals surface area contributed by atoms with Gasteiger partial charge in [0.25, 0.3) is 6.43 Å². The fourth-order valence-electron chi connectivity index (χ4n) is 1.43. The Kier molecular flexibility index (Phi) is 5.23. The Morgan fingerprint density at radius 3 is 2.72 bits per heavy atom. The minimum Gasteiger partial charge on any atom is -0.466 e. The van der Waals surface area contributed by atoms with E-state index < -0.39 is 12.4 Å². The van der Waals surface area contributed by atoms with Crippen molar-refractivity contribution in [2.75, 3.05) is 6.61 Å². The number of carbonyl (C=O) groups excluding carboxylic acids is 1. The lowest BCUT2D eigenvalue weighted by Gasteiger charge is -2.09. The van der Waals surface area contributed by atoms with Gasteiger partial charge in [0.15, 0.2) is 0 Å². The number of hydrogen-bond donors (Lipinski definition) is 0. The molecule has 0 aliphatic heterocycles. The number of ether oxygens (including phenoxy) is 1. The quantitative estimate of drug-likeness (QED) is 0.800. The van der Waals surface area contributed by atoms with Gasteiger partial charge >= 0.3 is 5.97 Å². The zero-order valence-electron chi connectivity index (χ0n) is 9.54. The van der Waals surface area contributed by atoms with E-state index in [1.165, 1.54) is 12.1 Å². The van der Waals surface area contributed by atoms with Gasteiger partial charge in [-0.1, -0.05) is 0 Å². The molecule has 0 N–H and O–H groups in total. The molecule has 1 rings (SSSR count). The number of nitrogens with zero attached hydrogens (tertiary/aromatic N) is 1. The van der Waals surface area contributed by atoms with Gasteiger partial charge in [-0.3, -0.25) is 4.79 Å². The Bertz CT molecular complexity index is 498. The van der Waals surface area contributed by atoms with Gasteiger partial charge in [-0.05, 0) is 40.5 Å². The molecule has 0 atom stereocenters. The van der Waals surface area contributed by atoms with Crippen LogP contribution in [-0.2, 0) is 16.0 Å². The second kappa shape index (κ2) is 6.45. The van der Waals surface area contributed by atoms with Gasteiger partial charge in [-0.25, -0.2) is 8.78 Å². The summed E-state index contributed by atoms with van der Waals surface area (Å²) in [5, 5.41) is 8.85. The van der Waals surface area contributed by atoms with Gasteiger partial charge in [0.2, 0.25) is 0 Å². The summed E-state index contributed by atoms with van der Waals surface area (Å²) in [7, 11) is 0. The molecule has 1 aromatic rings. The first-order valence-electron chi connectivity index (χ1n) is 5.15. The van der Waals surface area contributed by atoms with Crippen molar-refractivity contribution in [1.82, 2.24) is 0 Å². The molecule has 0 aliphatic rings. The molecule has 0 saturated heterocycles. The third-order valence-electron chi connectivity index (χ3n) is 2.17. The minimum atomic E-state index is -2.71. The molecule has 0 bridgehead atoms. The zero-order valence-corrected chi connectivity index (χ0v) is 11.1. The maximum Gasteiger partial charge on any atom is 0.310 e. The fraction of sp³-hybridized carbons (Fsp3) is 0.333. The van der Waals surface area contributed by atoms with Gasteiger partial charge in [0.05, 0.1) is 18.6 Å². The van der Waals surface area contributed by atoms with Crippen LogP contribution in [-0.4, -0.2) is 12.6 Å². The van der Waals surface area contributed by atoms with Gasteiger partial charge < -0.3 is 4.74 Å². The summed E-state index contributed by atoms with van der Waals surface area (Å²) in [6.07, 6.45) is -2.84. The largest absolute Gasteiger partial charge is 0.466 e. The van der Waals surface area contributed by atoms with E-state index in [1.807, 2.05) is 0 Å². The Balaban J connectivity index is 3.11. The highest BCUT2D eigenvalue weighted by Gasteiger charge is 2.17. The number of esters is 1. The first-order chi connectivity index (χ1) is 8.49. The molecule has 96 valence electrons. The highest BCUT2D eigenvalue weighted by molar-refractivity contribution is 9.10. The van der Waals surface area contributed by atoms with Crippen molar-refractivity contribution in [3.63, 3.8) is 0 Å². The number of benzene rings is 1. The highest BCUT2D eigenvalue weighted by atomic mass is 79.9. The van der Waals surface area contributed by atoms with E-state index in [2.05, 4.69) is 15.9 Å². The molecule has 0 fully saturated rings. The highest BCUT2D eigenvalue weighted by Crippen LogP contribution is 2.31. The van der Waals surface area contributed by atoms with Crippen LogP contribution in [0, 0.1) is 11.3 Å². The van der Waals surface area contributed by atoms with Crippen molar-refractivity contribution in [3.05, 3.63) is 33.3 Å². The monoisotopic (exact) mass is 317 g/mol. The minimum absolute atomic E-state index is 0.0626. The molecule has 0 spiro atoms. The first-order valence-corrected chi connectivity index (χ1v) is 5.95. The SMILES string of the molecule is CCOC(=O)Cc1cc(C#N)c(Br)c(C(F)F)c1. The van der Waals surface area contributed by atoms with Crippen LogP contribution < -0.4 is 0 Å². The Morgan fingerprint density at radius 1 is 1.56 bits per heavy atom. The van der Waals surface area contributed by atoms with Crippen molar-refractivity contribution >= 4 is 21.9 Å². The fourth-order valence-corrected chi connectivity index (χ4v) is 1.92. The zero-order chi connectivity index (χ0) is 13.7. The van der Waals surface area contributed by atoms with E-state index in [-0.39, 0.29) is 28.6 Å². The van der Waals surface area contributed by atoms with Gasteiger partial charge in [-0.15, -0.1) is 0 Å². The van der Waals surface area contributed by atoms with Crippen LogP contribution in [0.5, 0.6) is 0 Å². The summed E-state index contributed by atoms with van der Waals surface area (Å²) >= 11 is 2.95. The van der Waals surface area contributed by atoms with Gasteiger partial charge in [0, 0.05) is 10.0 Å². The van der Waals surface area contributed by atoms with Crippen molar-refractivity contribution < 1.29 is 18.3 Å². The van der Waals surface area contributed by atoms with Crippen LogP contribution >= 0.6 is 15.9 Å². The smallest absolute Gasteiger partial charge is 0.310 e. The Morgan fingerprint density at radius 2 is 2.22 bits per heavy atom. The molecule has 18 heavy (non-hydrogen) atoms. The van der Waals surface area contributed by atoms with Crippen molar-refractivity contribution in [1.29, 1.82) is 5.26 Å². The van der Waals surface area contributed by atoms with E-state index >= 15 is 0 Å². The summed E-state index contributed by atoms with van der Waals surface area (Å²) < 4.78 is 30.3. The second-order valence-corrected chi connectivity index (χ2v) is 4.23. The van der Waals surface area contributed by atoms with Crippen LogP contribution in [0.3, 0.4) is 0 Å². The predicted octanol–water partition coefficient (Wildman–Crippen LogP) is 3.36. The second-order valence-electron chi connectivity index (χ2n) is 3.44. The molecule has 0 amide bonds. The molecule has 0 saturated carbocycles. The van der Waals surface area contributed by atoms with Crippen LogP contribution in [0.1, 0.15) is 30.0 Å². The van der Waals surface area contributed by atoms with Gasteiger partial charge in [-0.2, -0.15) is 5.26 Å². The number of carbonyl (C=O) groups is 1. The Labute approximate surface area is 111 Å². The molecule has 1 aromatic carbocycles. The van der Waals surface area contributed by atoms with E-state index in [0.29, 0.717) is 5.56 Å². The van der Waals surface area contributed by atoms with Crippen molar-refractivity contribution in [3.8, 4) is 6.07 Å². The topological polar surface area (TPSA) is 50.1 Å². The maximum atomic E-state index is 12.8. The third kappa shape index (κ3) is 3.50. The molecule has 0 unspecified atom stereocenters. The van der Waals surface area contributed by atoms with E-state index in [4.69, 9.17) is 10.00 Å². The van der Waals surface area contributed by atoms with E-state index in [1.54, 1.807) is 13.0 Å². The first kappa shape index (κ1) is 14.6. The van der Waals surface area contributed by atoms with E-state index in [0.717, 1.165) is 0 Å². The predicted molar refractivity (Wildman–Crippen MR) is 64.2 cm³/mol. The summed E-state index contributed by atoms with van der Waals surface area (Å²) in [5.74, 6) is -0.510. The number of nitriles is 1. The third-order valence-corrected chi connectivity index (χ3v) is 3.05. The summed E-state index contributed by atoms with van der Waals surface area (Å²) in [4.78, 5) is 11.3. The van der Waals surface area contributed by atoms with Crippen LogP contribution in [0.25, 0.3) is 0 Å². The molecule has 0 aromatic heterocycles. The lowest BCUT2D eigenvalue weighted by atomic mass is 10.0. The normalized spacial score (nSPS) is 10.2. The molecule has 6 heteroatoms. The number of halogens is 3. The van der Waals surface area contributed by atoms with Crippen molar-refractivity contribution in [2.45, 2.75) is 19.8 Å². The standard InChI is InChI=1S/C12H10BrF2NO2/c1-2-18-10(17)5-7-3-8(6-16)11(13)9(4-7)12(14)15/h3-4,12H,2,5H2,1H3. The summed E-state index contributed by atoms with van der Waals surface area (Å²) in [6.45, 7) is 1.88.